The fourth-order valence-corrected chi connectivity index (χ4v) is 2.77. The summed E-state index contributed by atoms with van der Waals surface area (Å²) < 4.78 is 33.2. The zero-order valence-corrected chi connectivity index (χ0v) is 13.5. The van der Waals surface area contributed by atoms with Gasteiger partial charge in [0.15, 0.2) is 6.61 Å². The molecule has 0 spiro atoms. The third kappa shape index (κ3) is 5.47. The molecule has 1 aliphatic carbocycles. The fourth-order valence-electron chi connectivity index (χ4n) is 2.77. The van der Waals surface area contributed by atoms with Crippen molar-refractivity contribution in [3.05, 3.63) is 29.8 Å². The van der Waals surface area contributed by atoms with Crippen LogP contribution < -0.4 is 10.1 Å². The zero-order valence-electron chi connectivity index (χ0n) is 13.5. The van der Waals surface area contributed by atoms with Gasteiger partial charge in [0.1, 0.15) is 5.75 Å². The van der Waals surface area contributed by atoms with Crippen molar-refractivity contribution in [1.29, 1.82) is 0 Å². The lowest BCUT2D eigenvalue weighted by Crippen LogP contribution is -2.42. The Kier molecular flexibility index (Phi) is 6.52. The summed E-state index contributed by atoms with van der Waals surface area (Å²) in [5, 5.41) is 2.89. The summed E-state index contributed by atoms with van der Waals surface area (Å²) in [5.41, 5.74) is 0.162. The van der Waals surface area contributed by atoms with Gasteiger partial charge in [-0.2, -0.15) is 8.78 Å². The number of rotatable bonds is 6. The van der Waals surface area contributed by atoms with E-state index in [1.807, 2.05) is 0 Å². The Morgan fingerprint density at radius 3 is 2.50 bits per heavy atom. The Hall–Kier alpha value is -2.18. The number of hydrogen-bond donors (Lipinski definition) is 1. The van der Waals surface area contributed by atoms with Gasteiger partial charge in [0.2, 0.25) is 0 Å². The molecular formula is C17H21F2NO4. The van der Waals surface area contributed by atoms with E-state index in [0.717, 1.165) is 19.3 Å². The molecule has 2 atom stereocenters. The number of hydrogen-bond acceptors (Lipinski definition) is 4. The number of benzene rings is 1. The van der Waals surface area contributed by atoms with E-state index in [1.165, 1.54) is 30.7 Å². The number of ether oxygens (including phenoxy) is 2. The minimum Gasteiger partial charge on any atom is -0.452 e. The number of alkyl halides is 2. The van der Waals surface area contributed by atoms with Crippen LogP contribution in [0.25, 0.3) is 0 Å². The molecule has 0 aromatic heterocycles. The first-order valence-electron chi connectivity index (χ1n) is 7.97. The van der Waals surface area contributed by atoms with Crippen molar-refractivity contribution in [2.45, 2.75) is 45.3 Å². The van der Waals surface area contributed by atoms with E-state index in [2.05, 4.69) is 17.0 Å². The Bertz CT molecular complexity index is 562. The third-order valence-corrected chi connectivity index (χ3v) is 4.11. The normalized spacial score (nSPS) is 20.5. The lowest BCUT2D eigenvalue weighted by Gasteiger charge is -2.29. The molecule has 0 bridgehead atoms. The number of esters is 1. The largest absolute Gasteiger partial charge is 0.452 e. The Labute approximate surface area is 139 Å². The molecular weight excluding hydrogens is 320 g/mol. The predicted molar refractivity (Wildman–Crippen MR) is 82.9 cm³/mol. The third-order valence-electron chi connectivity index (χ3n) is 4.11. The van der Waals surface area contributed by atoms with E-state index in [4.69, 9.17) is 4.74 Å². The number of halogens is 2. The van der Waals surface area contributed by atoms with Crippen LogP contribution in [0.15, 0.2) is 24.3 Å². The molecule has 0 heterocycles. The summed E-state index contributed by atoms with van der Waals surface area (Å²) >= 11 is 0. The van der Waals surface area contributed by atoms with Gasteiger partial charge in [-0.25, -0.2) is 4.79 Å². The molecule has 0 aliphatic heterocycles. The monoisotopic (exact) mass is 341 g/mol. The average Bonchev–Trinajstić information content (AvgIpc) is 2.55. The highest BCUT2D eigenvalue weighted by atomic mass is 19.3. The van der Waals surface area contributed by atoms with E-state index in [9.17, 15) is 18.4 Å². The Morgan fingerprint density at radius 2 is 1.88 bits per heavy atom. The van der Waals surface area contributed by atoms with Crippen LogP contribution in [0, 0.1) is 5.92 Å². The quantitative estimate of drug-likeness (QED) is 0.808. The van der Waals surface area contributed by atoms with Crippen LogP contribution >= 0.6 is 0 Å². The Morgan fingerprint density at radius 1 is 1.21 bits per heavy atom. The van der Waals surface area contributed by atoms with E-state index in [0.29, 0.717) is 5.92 Å². The summed E-state index contributed by atoms with van der Waals surface area (Å²) in [7, 11) is 0. The summed E-state index contributed by atoms with van der Waals surface area (Å²) in [4.78, 5) is 23.7. The molecule has 0 unspecified atom stereocenters. The van der Waals surface area contributed by atoms with E-state index >= 15 is 0 Å². The second-order valence-electron chi connectivity index (χ2n) is 5.91. The van der Waals surface area contributed by atoms with Crippen LogP contribution in [0.3, 0.4) is 0 Å². The molecule has 7 heteroatoms. The van der Waals surface area contributed by atoms with Crippen molar-refractivity contribution >= 4 is 11.9 Å². The van der Waals surface area contributed by atoms with Crippen molar-refractivity contribution in [2.75, 3.05) is 6.61 Å². The van der Waals surface area contributed by atoms with Crippen LogP contribution in [0.2, 0.25) is 0 Å². The van der Waals surface area contributed by atoms with Gasteiger partial charge >= 0.3 is 12.6 Å². The maximum atomic E-state index is 12.1. The van der Waals surface area contributed by atoms with E-state index in [-0.39, 0.29) is 29.9 Å². The lowest BCUT2D eigenvalue weighted by atomic mass is 9.86. The molecule has 5 nitrogen and oxygen atoms in total. The summed E-state index contributed by atoms with van der Waals surface area (Å²) in [6.07, 6.45) is 4.28. The summed E-state index contributed by atoms with van der Waals surface area (Å²) in [6.45, 7) is -1.19. The van der Waals surface area contributed by atoms with Gasteiger partial charge in [-0.1, -0.05) is 19.8 Å². The minimum atomic E-state index is -2.92. The van der Waals surface area contributed by atoms with Crippen molar-refractivity contribution < 1.29 is 27.8 Å². The van der Waals surface area contributed by atoms with Crippen molar-refractivity contribution in [3.8, 4) is 5.75 Å². The lowest BCUT2D eigenvalue weighted by molar-refractivity contribution is -0.125. The van der Waals surface area contributed by atoms with Gasteiger partial charge in [-0.3, -0.25) is 4.79 Å². The van der Waals surface area contributed by atoms with Gasteiger partial charge in [-0.05, 0) is 43.0 Å². The van der Waals surface area contributed by atoms with Crippen molar-refractivity contribution in [1.82, 2.24) is 5.32 Å². The SMILES string of the molecule is C[C@@H]1CCCC[C@H]1NC(=O)COC(=O)c1ccc(OC(F)F)cc1. The maximum Gasteiger partial charge on any atom is 0.387 e. The zero-order chi connectivity index (χ0) is 17.5. The Balaban J connectivity index is 1.78. The smallest absolute Gasteiger partial charge is 0.387 e. The molecule has 1 fully saturated rings. The number of carbonyl (C=O) groups excluding carboxylic acids is 2. The van der Waals surface area contributed by atoms with Gasteiger partial charge in [0.25, 0.3) is 5.91 Å². The average molecular weight is 341 g/mol. The summed E-state index contributed by atoms with van der Waals surface area (Å²) in [6, 6.07) is 5.22. The molecule has 24 heavy (non-hydrogen) atoms. The second-order valence-corrected chi connectivity index (χ2v) is 5.91. The first kappa shape index (κ1) is 18.2. The predicted octanol–water partition coefficient (Wildman–Crippen LogP) is 3.14. The molecule has 1 aromatic rings. The fraction of sp³-hybridized carbons (Fsp3) is 0.529. The molecule has 1 aromatic carbocycles. The van der Waals surface area contributed by atoms with Crippen LogP contribution in [-0.4, -0.2) is 31.1 Å². The first-order valence-corrected chi connectivity index (χ1v) is 7.97. The van der Waals surface area contributed by atoms with Crippen LogP contribution in [0.5, 0.6) is 5.75 Å². The number of carbonyl (C=O) groups is 2. The molecule has 1 aliphatic rings. The van der Waals surface area contributed by atoms with Crippen LogP contribution in [0.4, 0.5) is 8.78 Å². The number of amides is 1. The molecule has 1 N–H and O–H groups in total. The molecule has 1 saturated carbocycles. The standard InChI is InChI=1S/C17H21F2NO4/c1-11-4-2-3-5-14(11)20-15(21)10-23-16(22)12-6-8-13(9-7-12)24-17(18)19/h6-9,11,14,17H,2-5,10H2,1H3,(H,20,21)/t11-,14-/m1/s1. The van der Waals surface area contributed by atoms with E-state index in [1.54, 1.807) is 0 Å². The van der Waals surface area contributed by atoms with Crippen molar-refractivity contribution in [3.63, 3.8) is 0 Å². The van der Waals surface area contributed by atoms with Crippen molar-refractivity contribution in [2.24, 2.45) is 5.92 Å². The summed E-state index contributed by atoms with van der Waals surface area (Å²) in [5.74, 6) is -0.656. The first-order chi connectivity index (χ1) is 11.5. The molecule has 0 radical (unpaired) electrons. The molecule has 0 saturated heterocycles. The molecule has 2 rings (SSSR count). The molecule has 132 valence electrons. The van der Waals surface area contributed by atoms with Crippen LogP contribution in [-0.2, 0) is 9.53 Å². The second kappa shape index (κ2) is 8.61. The van der Waals surface area contributed by atoms with Gasteiger partial charge in [-0.15, -0.1) is 0 Å². The van der Waals surface area contributed by atoms with Gasteiger partial charge in [0.05, 0.1) is 5.56 Å². The van der Waals surface area contributed by atoms with Gasteiger partial charge < -0.3 is 14.8 Å². The topological polar surface area (TPSA) is 64.6 Å². The highest BCUT2D eigenvalue weighted by Crippen LogP contribution is 2.23. The highest BCUT2D eigenvalue weighted by Gasteiger charge is 2.23. The maximum absolute atomic E-state index is 12.1. The van der Waals surface area contributed by atoms with E-state index < -0.39 is 12.6 Å². The highest BCUT2D eigenvalue weighted by molar-refractivity contribution is 5.91. The van der Waals surface area contributed by atoms with Crippen LogP contribution in [0.1, 0.15) is 43.0 Å². The minimum absolute atomic E-state index is 0.0504. The number of nitrogens with one attached hydrogen (secondary N) is 1. The van der Waals surface area contributed by atoms with Gasteiger partial charge in [0, 0.05) is 6.04 Å². The molecule has 1 amide bonds.